The maximum absolute atomic E-state index is 13.2. The van der Waals surface area contributed by atoms with Gasteiger partial charge in [0.2, 0.25) is 5.91 Å². The van der Waals surface area contributed by atoms with E-state index in [0.29, 0.717) is 56.9 Å². The van der Waals surface area contributed by atoms with Crippen molar-refractivity contribution >= 4 is 11.8 Å². The zero-order valence-corrected chi connectivity index (χ0v) is 18.9. The Bertz CT molecular complexity index is 965. The van der Waals surface area contributed by atoms with Gasteiger partial charge in [0, 0.05) is 50.2 Å². The Labute approximate surface area is 197 Å². The van der Waals surface area contributed by atoms with Crippen LogP contribution < -0.4 is 16.0 Å². The van der Waals surface area contributed by atoms with E-state index in [9.17, 15) is 18.4 Å². The molecule has 0 spiro atoms. The molecule has 0 bridgehead atoms. The summed E-state index contributed by atoms with van der Waals surface area (Å²) in [6, 6.07) is 11.5. The van der Waals surface area contributed by atoms with Crippen LogP contribution in [-0.2, 0) is 9.53 Å². The normalized spacial score (nSPS) is 20.6. The standard InChI is InChI=1S/C25H30F2N4O3/c26-19-5-1-17(2-6-19)21-15-22(21)29-10-9-28-16-23(25(33)31-11-13-34-14-12-31)30-24(32)18-3-7-20(27)8-4-18/h1-8,21-23,28-29H,9-16H2,(H,30,32)/t21-,22?,23-/m0/s1. The van der Waals surface area contributed by atoms with Gasteiger partial charge in [-0.1, -0.05) is 12.1 Å². The van der Waals surface area contributed by atoms with Gasteiger partial charge < -0.3 is 25.6 Å². The molecule has 0 aromatic heterocycles. The molecule has 3 atom stereocenters. The van der Waals surface area contributed by atoms with Gasteiger partial charge in [-0.05, 0) is 48.4 Å². The molecule has 9 heteroatoms. The Morgan fingerprint density at radius 2 is 1.62 bits per heavy atom. The van der Waals surface area contributed by atoms with Crippen molar-refractivity contribution < 1.29 is 23.1 Å². The fraction of sp³-hybridized carbons (Fsp3) is 0.440. The molecule has 1 saturated heterocycles. The Kier molecular flexibility index (Phi) is 8.21. The number of morpholine rings is 1. The van der Waals surface area contributed by atoms with Gasteiger partial charge in [0.25, 0.3) is 5.91 Å². The Balaban J connectivity index is 1.25. The van der Waals surface area contributed by atoms with Crippen LogP contribution in [0.25, 0.3) is 0 Å². The van der Waals surface area contributed by atoms with Crippen LogP contribution in [0.1, 0.15) is 28.3 Å². The molecule has 7 nitrogen and oxygen atoms in total. The van der Waals surface area contributed by atoms with Gasteiger partial charge in [0.05, 0.1) is 13.2 Å². The number of amides is 2. The summed E-state index contributed by atoms with van der Waals surface area (Å²) in [5.41, 5.74) is 1.43. The van der Waals surface area contributed by atoms with Crippen molar-refractivity contribution in [2.45, 2.75) is 24.4 Å². The van der Waals surface area contributed by atoms with Crippen LogP contribution in [0.2, 0.25) is 0 Å². The van der Waals surface area contributed by atoms with E-state index in [1.807, 2.05) is 12.1 Å². The monoisotopic (exact) mass is 472 g/mol. The third-order valence-corrected chi connectivity index (χ3v) is 6.18. The minimum absolute atomic E-state index is 0.169. The first kappa shape index (κ1) is 24.3. The third kappa shape index (κ3) is 6.59. The van der Waals surface area contributed by atoms with Gasteiger partial charge in [-0.25, -0.2) is 8.78 Å². The molecule has 4 rings (SSSR count). The Morgan fingerprint density at radius 1 is 0.971 bits per heavy atom. The topological polar surface area (TPSA) is 82.7 Å². The van der Waals surface area contributed by atoms with E-state index in [2.05, 4.69) is 16.0 Å². The van der Waals surface area contributed by atoms with E-state index in [1.165, 1.54) is 36.4 Å². The first-order chi connectivity index (χ1) is 16.5. The summed E-state index contributed by atoms with van der Waals surface area (Å²) in [4.78, 5) is 27.4. The average molecular weight is 473 g/mol. The minimum atomic E-state index is -0.747. The summed E-state index contributed by atoms with van der Waals surface area (Å²) in [7, 11) is 0. The lowest BCUT2D eigenvalue weighted by Gasteiger charge is -2.31. The van der Waals surface area contributed by atoms with Gasteiger partial charge in [0.1, 0.15) is 17.7 Å². The van der Waals surface area contributed by atoms with Gasteiger partial charge in [-0.2, -0.15) is 0 Å². The number of carbonyl (C=O) groups is 2. The lowest BCUT2D eigenvalue weighted by Crippen LogP contribution is -2.55. The third-order valence-electron chi connectivity index (χ3n) is 6.18. The second kappa shape index (κ2) is 11.5. The van der Waals surface area contributed by atoms with Crippen molar-refractivity contribution in [3.8, 4) is 0 Å². The maximum Gasteiger partial charge on any atom is 0.251 e. The maximum atomic E-state index is 13.2. The van der Waals surface area contributed by atoms with Gasteiger partial charge in [-0.15, -0.1) is 0 Å². The van der Waals surface area contributed by atoms with Crippen LogP contribution in [0, 0.1) is 11.6 Å². The summed E-state index contributed by atoms with van der Waals surface area (Å²) in [6.07, 6.45) is 1.01. The fourth-order valence-corrected chi connectivity index (χ4v) is 4.14. The Hall–Kier alpha value is -2.88. The molecule has 0 radical (unpaired) electrons. The second-order valence-electron chi connectivity index (χ2n) is 8.63. The molecule has 182 valence electrons. The van der Waals surface area contributed by atoms with Gasteiger partial charge in [-0.3, -0.25) is 9.59 Å². The zero-order chi connectivity index (χ0) is 23.9. The van der Waals surface area contributed by atoms with E-state index >= 15 is 0 Å². The number of hydrogen-bond acceptors (Lipinski definition) is 5. The number of hydrogen-bond donors (Lipinski definition) is 3. The van der Waals surface area contributed by atoms with E-state index in [-0.39, 0.29) is 18.3 Å². The highest BCUT2D eigenvalue weighted by Gasteiger charge is 2.37. The number of carbonyl (C=O) groups excluding carboxylic acids is 2. The molecule has 2 aromatic rings. The average Bonchev–Trinajstić information content (AvgIpc) is 3.63. The number of nitrogens with zero attached hydrogens (tertiary/aromatic N) is 1. The molecule has 1 aliphatic heterocycles. The molecule has 1 saturated carbocycles. The van der Waals surface area contributed by atoms with E-state index in [1.54, 1.807) is 4.90 Å². The number of benzene rings is 2. The van der Waals surface area contributed by atoms with Crippen LogP contribution in [0.15, 0.2) is 48.5 Å². The number of nitrogens with one attached hydrogen (secondary N) is 3. The predicted molar refractivity (Wildman–Crippen MR) is 123 cm³/mol. The molecule has 3 N–H and O–H groups in total. The summed E-state index contributed by atoms with van der Waals surface area (Å²) in [6.45, 7) is 3.50. The van der Waals surface area contributed by atoms with Crippen molar-refractivity contribution in [3.63, 3.8) is 0 Å². The van der Waals surface area contributed by atoms with E-state index in [4.69, 9.17) is 4.74 Å². The second-order valence-corrected chi connectivity index (χ2v) is 8.63. The van der Waals surface area contributed by atoms with Crippen molar-refractivity contribution in [2.75, 3.05) is 45.9 Å². The van der Waals surface area contributed by atoms with Crippen LogP contribution in [0.5, 0.6) is 0 Å². The highest BCUT2D eigenvalue weighted by molar-refractivity contribution is 5.97. The molecule has 2 aliphatic rings. The largest absolute Gasteiger partial charge is 0.378 e. The molecular weight excluding hydrogens is 442 g/mol. The van der Waals surface area contributed by atoms with E-state index in [0.717, 1.165) is 12.0 Å². The lowest BCUT2D eigenvalue weighted by atomic mass is 10.1. The number of halogens is 2. The lowest BCUT2D eigenvalue weighted by molar-refractivity contribution is -0.137. The van der Waals surface area contributed by atoms with Crippen LogP contribution in [0.4, 0.5) is 8.78 Å². The molecular formula is C25H30F2N4O3. The number of ether oxygens (including phenoxy) is 1. The summed E-state index contributed by atoms with van der Waals surface area (Å²) in [5.74, 6) is -0.856. The van der Waals surface area contributed by atoms with Crippen molar-refractivity contribution in [1.82, 2.24) is 20.9 Å². The zero-order valence-electron chi connectivity index (χ0n) is 18.9. The summed E-state index contributed by atoms with van der Waals surface area (Å²) < 4.78 is 31.6. The summed E-state index contributed by atoms with van der Waals surface area (Å²) >= 11 is 0. The van der Waals surface area contributed by atoms with Crippen LogP contribution in [-0.4, -0.2) is 74.7 Å². The van der Waals surface area contributed by atoms with Crippen LogP contribution >= 0.6 is 0 Å². The van der Waals surface area contributed by atoms with Crippen molar-refractivity contribution in [2.24, 2.45) is 0 Å². The van der Waals surface area contributed by atoms with Gasteiger partial charge in [0.15, 0.2) is 0 Å². The SMILES string of the molecule is O=C(N[C@@H](CNCCNC1C[C@H]1c1ccc(F)cc1)C(=O)N1CCOCC1)c1ccc(F)cc1. The highest BCUT2D eigenvalue weighted by Crippen LogP contribution is 2.40. The number of rotatable bonds is 10. The van der Waals surface area contributed by atoms with Gasteiger partial charge >= 0.3 is 0 Å². The molecule has 2 fully saturated rings. The highest BCUT2D eigenvalue weighted by atomic mass is 19.1. The first-order valence-electron chi connectivity index (χ1n) is 11.6. The molecule has 1 heterocycles. The van der Waals surface area contributed by atoms with Crippen LogP contribution in [0.3, 0.4) is 0 Å². The molecule has 1 aliphatic carbocycles. The van der Waals surface area contributed by atoms with Crippen molar-refractivity contribution in [3.05, 3.63) is 71.3 Å². The molecule has 34 heavy (non-hydrogen) atoms. The minimum Gasteiger partial charge on any atom is -0.378 e. The first-order valence-corrected chi connectivity index (χ1v) is 11.6. The molecule has 2 aromatic carbocycles. The van der Waals surface area contributed by atoms with Crippen molar-refractivity contribution in [1.29, 1.82) is 0 Å². The quantitative estimate of drug-likeness (QED) is 0.458. The Morgan fingerprint density at radius 3 is 2.29 bits per heavy atom. The fourth-order valence-electron chi connectivity index (χ4n) is 4.14. The predicted octanol–water partition coefficient (Wildman–Crippen LogP) is 1.66. The smallest absolute Gasteiger partial charge is 0.251 e. The van der Waals surface area contributed by atoms with E-state index < -0.39 is 17.8 Å². The summed E-state index contributed by atoms with van der Waals surface area (Å²) in [5, 5.41) is 9.51. The molecule has 1 unspecified atom stereocenters. The molecule has 2 amide bonds.